The first-order valence-electron chi connectivity index (χ1n) is 1.91. The zero-order valence-electron chi connectivity index (χ0n) is 3.83. The molecule has 0 unspecified atom stereocenters. The van der Waals surface area contributed by atoms with Crippen LogP contribution in [0.3, 0.4) is 0 Å². The predicted molar refractivity (Wildman–Crippen MR) is 19.6 cm³/mol. The summed E-state index contributed by atoms with van der Waals surface area (Å²) in [7, 11) is 0. The Balaban J connectivity index is 2.40. The molecule has 1 fully saturated rings. The summed E-state index contributed by atoms with van der Waals surface area (Å²) in [6.07, 6.45) is -0.971. The van der Waals surface area contributed by atoms with Gasteiger partial charge in [0.2, 0.25) is 0 Å². The van der Waals surface area contributed by atoms with Crippen molar-refractivity contribution in [1.29, 1.82) is 0 Å². The van der Waals surface area contributed by atoms with Crippen molar-refractivity contribution in [2.75, 3.05) is 6.61 Å². The number of cyclic esters (lactones) is 2. The molecule has 46 valence electrons. The zero-order valence-corrected chi connectivity index (χ0v) is 3.83. The SMILES string of the molecule is O=C1OC(O)(CO)O1. The zero-order chi connectivity index (χ0) is 6.20. The third-order valence-electron chi connectivity index (χ3n) is 0.685. The Morgan fingerprint density at radius 3 is 2.25 bits per heavy atom. The average Bonchev–Trinajstić information content (AvgIpc) is 1.63. The Morgan fingerprint density at radius 1 is 1.62 bits per heavy atom. The second-order valence-electron chi connectivity index (χ2n) is 1.32. The Morgan fingerprint density at radius 2 is 2.12 bits per heavy atom. The van der Waals surface area contributed by atoms with Crippen LogP contribution < -0.4 is 0 Å². The molecule has 1 aliphatic heterocycles. The second kappa shape index (κ2) is 1.33. The van der Waals surface area contributed by atoms with Gasteiger partial charge in [0.1, 0.15) is 0 Å². The van der Waals surface area contributed by atoms with Crippen molar-refractivity contribution < 1.29 is 24.5 Å². The second-order valence-corrected chi connectivity index (χ2v) is 1.32. The molecule has 2 N–H and O–H groups in total. The molecule has 5 heteroatoms. The smallest absolute Gasteiger partial charge is 0.385 e. The van der Waals surface area contributed by atoms with Gasteiger partial charge in [0.05, 0.1) is 0 Å². The number of aliphatic hydroxyl groups is 2. The van der Waals surface area contributed by atoms with E-state index in [0.29, 0.717) is 0 Å². The maximum absolute atomic E-state index is 9.76. The molecule has 5 nitrogen and oxygen atoms in total. The number of rotatable bonds is 1. The highest BCUT2D eigenvalue weighted by Gasteiger charge is 2.46. The first-order valence-corrected chi connectivity index (χ1v) is 1.91. The monoisotopic (exact) mass is 120 g/mol. The first-order chi connectivity index (χ1) is 3.66. The van der Waals surface area contributed by atoms with Crippen LogP contribution in [0.5, 0.6) is 0 Å². The van der Waals surface area contributed by atoms with Gasteiger partial charge in [-0.25, -0.2) is 4.79 Å². The van der Waals surface area contributed by atoms with Crippen molar-refractivity contribution in [3.8, 4) is 0 Å². The van der Waals surface area contributed by atoms with Crippen LogP contribution in [0.2, 0.25) is 0 Å². The number of carbonyl (C=O) groups is 1. The molecular weight excluding hydrogens is 116 g/mol. The van der Waals surface area contributed by atoms with Crippen molar-refractivity contribution in [2.45, 2.75) is 5.97 Å². The Bertz CT molecular complexity index is 111. The molecule has 8 heavy (non-hydrogen) atoms. The molecule has 0 spiro atoms. The van der Waals surface area contributed by atoms with Gasteiger partial charge in [-0.15, -0.1) is 0 Å². The summed E-state index contributed by atoms with van der Waals surface area (Å²) in [5.74, 6) is -2.06. The Kier molecular flexibility index (Phi) is 0.887. The number of ether oxygens (including phenoxy) is 2. The highest BCUT2D eigenvalue weighted by atomic mass is 17.0. The summed E-state index contributed by atoms with van der Waals surface area (Å²) in [5.41, 5.74) is 0. The van der Waals surface area contributed by atoms with E-state index in [9.17, 15) is 4.79 Å². The van der Waals surface area contributed by atoms with Gasteiger partial charge in [-0.05, 0) is 0 Å². The first kappa shape index (κ1) is 5.33. The number of hydrogen-bond acceptors (Lipinski definition) is 5. The van der Waals surface area contributed by atoms with E-state index in [1.807, 2.05) is 0 Å². The van der Waals surface area contributed by atoms with Crippen molar-refractivity contribution >= 4 is 6.16 Å². The molecule has 0 aromatic rings. The fourth-order valence-corrected chi connectivity index (χ4v) is 0.333. The maximum atomic E-state index is 9.76. The fraction of sp³-hybridized carbons (Fsp3) is 0.667. The third-order valence-corrected chi connectivity index (χ3v) is 0.685. The molecule has 0 aromatic carbocycles. The minimum Gasteiger partial charge on any atom is -0.385 e. The largest absolute Gasteiger partial charge is 0.518 e. The van der Waals surface area contributed by atoms with Gasteiger partial charge in [-0.3, -0.25) is 0 Å². The minimum absolute atomic E-state index is 0.737. The molecule has 0 bridgehead atoms. The summed E-state index contributed by atoms with van der Waals surface area (Å²) < 4.78 is 7.84. The maximum Gasteiger partial charge on any atom is 0.518 e. The number of aliphatic hydroxyl groups excluding tert-OH is 1. The van der Waals surface area contributed by atoms with Crippen LogP contribution in [-0.2, 0) is 9.47 Å². The van der Waals surface area contributed by atoms with E-state index in [2.05, 4.69) is 9.47 Å². The summed E-state index contributed by atoms with van der Waals surface area (Å²) in [6.45, 7) is -0.737. The van der Waals surface area contributed by atoms with Gasteiger partial charge in [0.25, 0.3) is 0 Å². The van der Waals surface area contributed by atoms with E-state index in [4.69, 9.17) is 10.2 Å². The van der Waals surface area contributed by atoms with Gasteiger partial charge in [0.15, 0.2) is 6.61 Å². The van der Waals surface area contributed by atoms with E-state index in [0.717, 1.165) is 0 Å². The van der Waals surface area contributed by atoms with E-state index in [1.165, 1.54) is 0 Å². The fourth-order valence-electron chi connectivity index (χ4n) is 0.333. The van der Waals surface area contributed by atoms with Crippen LogP contribution in [0.25, 0.3) is 0 Å². The normalized spacial score (nSPS) is 23.0. The summed E-state index contributed by atoms with van der Waals surface area (Å²) in [6, 6.07) is 0. The van der Waals surface area contributed by atoms with E-state index in [-0.39, 0.29) is 0 Å². The van der Waals surface area contributed by atoms with Gasteiger partial charge in [-0.1, -0.05) is 0 Å². The van der Waals surface area contributed by atoms with E-state index >= 15 is 0 Å². The average molecular weight is 120 g/mol. The molecule has 1 saturated heterocycles. The minimum atomic E-state index is -2.06. The molecule has 0 saturated carbocycles. The van der Waals surface area contributed by atoms with Crippen LogP contribution in [0.1, 0.15) is 0 Å². The molecule has 1 aliphatic rings. The van der Waals surface area contributed by atoms with Crippen LogP contribution >= 0.6 is 0 Å². The van der Waals surface area contributed by atoms with Crippen molar-refractivity contribution in [3.63, 3.8) is 0 Å². The van der Waals surface area contributed by atoms with Crippen molar-refractivity contribution in [3.05, 3.63) is 0 Å². The van der Waals surface area contributed by atoms with Crippen molar-refractivity contribution in [2.24, 2.45) is 0 Å². The highest BCUT2D eigenvalue weighted by molar-refractivity contribution is 5.64. The molecule has 0 radical (unpaired) electrons. The summed E-state index contributed by atoms with van der Waals surface area (Å²) in [4.78, 5) is 9.76. The molecular formula is C3H4O5. The van der Waals surface area contributed by atoms with Gasteiger partial charge in [-0.2, -0.15) is 0 Å². The lowest BCUT2D eigenvalue weighted by molar-refractivity contribution is -0.396. The molecule has 0 amide bonds. The predicted octanol–water partition coefficient (Wildman–Crippen LogP) is -1.21. The van der Waals surface area contributed by atoms with Gasteiger partial charge >= 0.3 is 12.1 Å². The standard InChI is InChI=1S/C3H4O5/c4-1-3(6)7-2(5)8-3/h4,6H,1H2. The van der Waals surface area contributed by atoms with Gasteiger partial charge in [0, 0.05) is 0 Å². The summed E-state index contributed by atoms with van der Waals surface area (Å²) >= 11 is 0. The lowest BCUT2D eigenvalue weighted by Gasteiger charge is -2.31. The summed E-state index contributed by atoms with van der Waals surface area (Å²) in [5, 5.41) is 16.6. The highest BCUT2D eigenvalue weighted by Crippen LogP contribution is 2.19. The van der Waals surface area contributed by atoms with Crippen LogP contribution in [0.4, 0.5) is 4.79 Å². The van der Waals surface area contributed by atoms with Crippen molar-refractivity contribution in [1.82, 2.24) is 0 Å². The lowest BCUT2D eigenvalue weighted by Crippen LogP contribution is -2.52. The Hall–Kier alpha value is -0.810. The lowest BCUT2D eigenvalue weighted by atomic mass is 10.5. The number of hydrogen-bond donors (Lipinski definition) is 2. The van der Waals surface area contributed by atoms with E-state index < -0.39 is 18.7 Å². The van der Waals surface area contributed by atoms with Gasteiger partial charge < -0.3 is 19.7 Å². The van der Waals surface area contributed by atoms with Crippen LogP contribution in [0, 0.1) is 0 Å². The molecule has 1 rings (SSSR count). The molecule has 0 aliphatic carbocycles. The van der Waals surface area contributed by atoms with Crippen LogP contribution in [0.15, 0.2) is 0 Å². The molecule has 0 atom stereocenters. The molecule has 1 heterocycles. The topological polar surface area (TPSA) is 76.0 Å². The quantitative estimate of drug-likeness (QED) is 0.425. The van der Waals surface area contributed by atoms with Crippen LogP contribution in [-0.4, -0.2) is 28.9 Å². The molecule has 0 aromatic heterocycles. The third kappa shape index (κ3) is 0.613. The Labute approximate surface area is 44.4 Å². The number of carbonyl (C=O) groups excluding carboxylic acids is 1. The van der Waals surface area contributed by atoms with E-state index in [1.54, 1.807) is 0 Å².